The van der Waals surface area contributed by atoms with Gasteiger partial charge in [-0.05, 0) is 17.2 Å². The minimum absolute atomic E-state index is 0.125. The number of thiocarbonyl (C=S) groups is 1. The smallest absolute Gasteiger partial charge is 0.0748 e. The molecule has 0 aliphatic heterocycles. The van der Waals surface area contributed by atoms with Crippen LogP contribution in [0.5, 0.6) is 0 Å². The summed E-state index contributed by atoms with van der Waals surface area (Å²) in [6.45, 7) is 0. The average molecular weight is 161 g/mol. The molecule has 0 saturated heterocycles. The largest absolute Gasteiger partial charge is 0.165 e. The fourth-order valence-electron chi connectivity index (χ4n) is 0.337. The van der Waals surface area contributed by atoms with E-state index >= 15 is 0 Å². The van der Waals surface area contributed by atoms with E-state index in [1.165, 1.54) is 5.37 Å². The molecule has 0 bridgehead atoms. The summed E-state index contributed by atoms with van der Waals surface area (Å²) in [5.74, 6) is 0.771. The molecule has 0 fully saturated rings. The minimum Gasteiger partial charge on any atom is -0.165 e. The van der Waals surface area contributed by atoms with Crippen molar-refractivity contribution in [2.75, 3.05) is 12.0 Å². The predicted octanol–water partition coefficient (Wildman–Crippen LogP) is 2.03. The Balaban J connectivity index is 3.67. The molecule has 0 aliphatic carbocycles. The van der Waals surface area contributed by atoms with Crippen LogP contribution in [0.3, 0.4) is 0 Å². The number of rotatable bonds is 4. The molecule has 0 amide bonds. The van der Waals surface area contributed by atoms with Gasteiger partial charge >= 0.3 is 0 Å². The molecule has 0 aromatic heterocycles. The summed E-state index contributed by atoms with van der Waals surface area (Å²) in [6, 6.07) is -0.125. The molecule has 50 valence electrons. The van der Waals surface area contributed by atoms with Crippen molar-refractivity contribution < 1.29 is 0 Å². The van der Waals surface area contributed by atoms with E-state index in [-0.39, 0.29) is 6.04 Å². The summed E-state index contributed by atoms with van der Waals surface area (Å²) in [5.41, 5.74) is 7.98. The van der Waals surface area contributed by atoms with Gasteiger partial charge in [-0.3, -0.25) is 0 Å². The summed E-state index contributed by atoms with van der Waals surface area (Å²) in [5, 5.41) is 4.91. The molecule has 0 saturated carbocycles. The van der Waals surface area contributed by atoms with Gasteiger partial charge in [0.25, 0.3) is 0 Å². The lowest BCUT2D eigenvalue weighted by atomic mass is 10.4. The Morgan fingerprint density at radius 3 is 3.00 bits per heavy atom. The van der Waals surface area contributed by atoms with Crippen LogP contribution in [0.2, 0.25) is 0 Å². The highest BCUT2D eigenvalue weighted by molar-refractivity contribution is 7.98. The molecule has 0 radical (unpaired) electrons. The Kier molecular flexibility index (Phi) is 5.72. The maximum atomic E-state index is 7.98. The molecule has 0 aromatic carbocycles. The van der Waals surface area contributed by atoms with Gasteiger partial charge in [-0.1, -0.05) is 17.3 Å². The van der Waals surface area contributed by atoms with Gasteiger partial charge in [-0.15, -0.1) is 0 Å². The first-order valence-electron chi connectivity index (χ1n) is 2.33. The van der Waals surface area contributed by atoms with Crippen LogP contribution in [-0.2, 0) is 0 Å². The quantitative estimate of drug-likeness (QED) is 0.274. The van der Waals surface area contributed by atoms with Crippen LogP contribution in [0.15, 0.2) is 5.11 Å². The predicted molar refractivity (Wildman–Crippen MR) is 45.0 cm³/mol. The van der Waals surface area contributed by atoms with Crippen LogP contribution in [0.1, 0.15) is 0 Å². The Morgan fingerprint density at radius 1 is 2.00 bits per heavy atom. The van der Waals surface area contributed by atoms with Gasteiger partial charge in [0, 0.05) is 10.7 Å². The number of thioether (sulfide) groups is 1. The molecule has 0 rings (SSSR count). The zero-order chi connectivity index (χ0) is 7.11. The molecule has 0 aliphatic rings. The minimum atomic E-state index is -0.125. The second-order valence-electron chi connectivity index (χ2n) is 1.36. The standard InChI is InChI=1S/C4H7N3S2/c1-9-3-4(2-8)6-7-5/h2,4H,3H2,1H3. The van der Waals surface area contributed by atoms with Gasteiger partial charge < -0.3 is 0 Å². The Labute approximate surface area is 63.4 Å². The molecular formula is C4H7N3S2. The first-order valence-corrected chi connectivity index (χ1v) is 4.20. The molecule has 0 aromatic rings. The van der Waals surface area contributed by atoms with E-state index in [1.54, 1.807) is 11.8 Å². The van der Waals surface area contributed by atoms with E-state index in [9.17, 15) is 0 Å². The van der Waals surface area contributed by atoms with E-state index in [4.69, 9.17) is 5.53 Å². The molecule has 5 heteroatoms. The molecular weight excluding hydrogens is 154 g/mol. The van der Waals surface area contributed by atoms with Crippen molar-refractivity contribution >= 4 is 29.3 Å². The van der Waals surface area contributed by atoms with Crippen LogP contribution in [0, 0.1) is 0 Å². The first kappa shape index (κ1) is 8.75. The lowest BCUT2D eigenvalue weighted by Gasteiger charge is -1.97. The fraction of sp³-hybridized carbons (Fsp3) is 0.750. The highest BCUT2D eigenvalue weighted by atomic mass is 32.2. The molecule has 1 atom stereocenters. The van der Waals surface area contributed by atoms with Gasteiger partial charge in [0.15, 0.2) is 0 Å². The zero-order valence-corrected chi connectivity index (χ0v) is 6.65. The third-order valence-electron chi connectivity index (χ3n) is 0.694. The van der Waals surface area contributed by atoms with Crippen LogP contribution in [0.25, 0.3) is 10.4 Å². The zero-order valence-electron chi connectivity index (χ0n) is 5.02. The number of nitrogens with zero attached hydrogens (tertiary/aromatic N) is 3. The van der Waals surface area contributed by atoms with Crippen molar-refractivity contribution in [1.29, 1.82) is 0 Å². The molecule has 1 unspecified atom stereocenters. The van der Waals surface area contributed by atoms with Crippen molar-refractivity contribution in [3.05, 3.63) is 10.4 Å². The number of hydrogen-bond donors (Lipinski definition) is 0. The first-order chi connectivity index (χ1) is 4.35. The lowest BCUT2D eigenvalue weighted by Crippen LogP contribution is -2.05. The van der Waals surface area contributed by atoms with Crippen molar-refractivity contribution in [2.45, 2.75) is 6.04 Å². The molecule has 3 nitrogen and oxygen atoms in total. The van der Waals surface area contributed by atoms with Crippen molar-refractivity contribution in [2.24, 2.45) is 5.11 Å². The Bertz CT molecular complexity index is 130. The molecule has 9 heavy (non-hydrogen) atoms. The lowest BCUT2D eigenvalue weighted by molar-refractivity contribution is 1.01. The number of azide groups is 1. The molecule has 0 N–H and O–H groups in total. The maximum Gasteiger partial charge on any atom is 0.0748 e. The van der Waals surface area contributed by atoms with Gasteiger partial charge in [0.1, 0.15) is 0 Å². The van der Waals surface area contributed by atoms with Crippen molar-refractivity contribution in [1.82, 2.24) is 0 Å². The number of hydrogen-bond acceptors (Lipinski definition) is 3. The Morgan fingerprint density at radius 2 is 2.67 bits per heavy atom. The van der Waals surface area contributed by atoms with E-state index in [0.29, 0.717) is 0 Å². The second kappa shape index (κ2) is 5.88. The van der Waals surface area contributed by atoms with Gasteiger partial charge in [-0.2, -0.15) is 11.8 Å². The molecule has 0 heterocycles. The van der Waals surface area contributed by atoms with E-state index < -0.39 is 0 Å². The van der Waals surface area contributed by atoms with Crippen LogP contribution < -0.4 is 0 Å². The van der Waals surface area contributed by atoms with E-state index in [0.717, 1.165) is 5.75 Å². The summed E-state index contributed by atoms with van der Waals surface area (Å²) in [7, 11) is 0. The maximum absolute atomic E-state index is 7.98. The molecule has 0 spiro atoms. The highest BCUT2D eigenvalue weighted by Crippen LogP contribution is 1.99. The van der Waals surface area contributed by atoms with Gasteiger partial charge in [0.2, 0.25) is 0 Å². The average Bonchev–Trinajstić information content (AvgIpc) is 1.88. The fourth-order valence-corrected chi connectivity index (χ4v) is 1.11. The second-order valence-corrected chi connectivity index (χ2v) is 2.55. The van der Waals surface area contributed by atoms with Crippen molar-refractivity contribution in [3.63, 3.8) is 0 Å². The van der Waals surface area contributed by atoms with E-state index in [1.807, 2.05) is 6.26 Å². The summed E-state index contributed by atoms with van der Waals surface area (Å²) >= 11 is 6.21. The summed E-state index contributed by atoms with van der Waals surface area (Å²) in [6.07, 6.45) is 1.94. The van der Waals surface area contributed by atoms with Crippen molar-refractivity contribution in [3.8, 4) is 0 Å². The summed E-state index contributed by atoms with van der Waals surface area (Å²) in [4.78, 5) is 2.64. The van der Waals surface area contributed by atoms with Crippen LogP contribution >= 0.6 is 24.0 Å². The van der Waals surface area contributed by atoms with Crippen LogP contribution in [0.4, 0.5) is 0 Å². The Hall–Kier alpha value is -0.250. The van der Waals surface area contributed by atoms with Gasteiger partial charge in [0.05, 0.1) is 6.04 Å². The summed E-state index contributed by atoms with van der Waals surface area (Å²) < 4.78 is 0. The third kappa shape index (κ3) is 4.27. The normalized spacial score (nSPS) is 11.7. The highest BCUT2D eigenvalue weighted by Gasteiger charge is 1.97. The third-order valence-corrected chi connectivity index (χ3v) is 1.68. The van der Waals surface area contributed by atoms with E-state index in [2.05, 4.69) is 22.2 Å². The topological polar surface area (TPSA) is 48.8 Å². The van der Waals surface area contributed by atoms with Crippen LogP contribution in [-0.4, -0.2) is 23.4 Å². The van der Waals surface area contributed by atoms with Gasteiger partial charge in [-0.25, -0.2) is 0 Å². The monoisotopic (exact) mass is 161 g/mol. The SMILES string of the molecule is CSCC(C=S)N=[N+]=[N-].